The standard InChI is InChI=1S/C21H23N3O5/c1-13-9-10-17(11-14(13)2)20(27)22-12-18(25)29-15(3)19(26)23-24-21(28)16-7-5-4-6-8-16/h4-11,15H,12H2,1-3H3,(H,22,27)(H,23,26)(H,24,28)/t15-/m1/s1. The van der Waals surface area contributed by atoms with Crippen LogP contribution in [0.5, 0.6) is 0 Å². The molecule has 0 saturated heterocycles. The molecule has 2 aromatic rings. The van der Waals surface area contributed by atoms with Gasteiger partial charge < -0.3 is 10.1 Å². The van der Waals surface area contributed by atoms with Crippen molar-refractivity contribution in [1.82, 2.24) is 16.2 Å². The Balaban J connectivity index is 1.76. The van der Waals surface area contributed by atoms with E-state index in [1.807, 2.05) is 19.9 Å². The highest BCUT2D eigenvalue weighted by Gasteiger charge is 2.19. The van der Waals surface area contributed by atoms with Crippen LogP contribution in [-0.4, -0.2) is 36.3 Å². The molecular weight excluding hydrogens is 374 g/mol. The number of hydrogen-bond acceptors (Lipinski definition) is 5. The van der Waals surface area contributed by atoms with Gasteiger partial charge in [0.1, 0.15) is 6.54 Å². The van der Waals surface area contributed by atoms with Crippen LogP contribution in [0.3, 0.4) is 0 Å². The maximum Gasteiger partial charge on any atom is 0.326 e. The minimum Gasteiger partial charge on any atom is -0.451 e. The summed E-state index contributed by atoms with van der Waals surface area (Å²) in [6, 6.07) is 13.5. The third-order valence-corrected chi connectivity index (χ3v) is 4.18. The Bertz CT molecular complexity index is 912. The number of amides is 3. The van der Waals surface area contributed by atoms with E-state index in [2.05, 4.69) is 16.2 Å². The summed E-state index contributed by atoms with van der Waals surface area (Å²) in [5, 5.41) is 2.45. The van der Waals surface area contributed by atoms with Crippen LogP contribution in [0.1, 0.15) is 38.8 Å². The number of aryl methyl sites for hydroxylation is 2. The second kappa shape index (κ2) is 10.0. The summed E-state index contributed by atoms with van der Waals surface area (Å²) < 4.78 is 4.96. The average Bonchev–Trinajstić information content (AvgIpc) is 2.72. The van der Waals surface area contributed by atoms with Gasteiger partial charge in [-0.3, -0.25) is 30.0 Å². The van der Waals surface area contributed by atoms with Crippen LogP contribution in [-0.2, 0) is 14.3 Å². The predicted molar refractivity (Wildman–Crippen MR) is 106 cm³/mol. The van der Waals surface area contributed by atoms with E-state index in [1.54, 1.807) is 42.5 Å². The van der Waals surface area contributed by atoms with Crippen molar-refractivity contribution >= 4 is 23.7 Å². The molecule has 0 unspecified atom stereocenters. The van der Waals surface area contributed by atoms with Crippen LogP contribution < -0.4 is 16.2 Å². The number of hydrazine groups is 1. The number of nitrogens with one attached hydrogen (secondary N) is 3. The van der Waals surface area contributed by atoms with Crippen molar-refractivity contribution in [1.29, 1.82) is 0 Å². The number of hydrogen-bond donors (Lipinski definition) is 3. The molecule has 0 bridgehead atoms. The van der Waals surface area contributed by atoms with Gasteiger partial charge in [-0.2, -0.15) is 0 Å². The Labute approximate surface area is 168 Å². The maximum absolute atomic E-state index is 12.1. The van der Waals surface area contributed by atoms with Gasteiger partial charge in [0.25, 0.3) is 17.7 Å². The predicted octanol–water partition coefficient (Wildman–Crippen LogP) is 1.43. The summed E-state index contributed by atoms with van der Waals surface area (Å²) in [4.78, 5) is 47.8. The van der Waals surface area contributed by atoms with Crippen LogP contribution in [0.2, 0.25) is 0 Å². The minimum atomic E-state index is -1.16. The molecule has 0 fully saturated rings. The first-order valence-electron chi connectivity index (χ1n) is 8.98. The van der Waals surface area contributed by atoms with E-state index in [0.29, 0.717) is 11.1 Å². The topological polar surface area (TPSA) is 114 Å². The molecule has 3 amide bonds. The molecule has 0 aromatic heterocycles. The van der Waals surface area contributed by atoms with Crippen LogP contribution >= 0.6 is 0 Å². The lowest BCUT2D eigenvalue weighted by Gasteiger charge is -2.14. The van der Waals surface area contributed by atoms with Gasteiger partial charge in [0.05, 0.1) is 0 Å². The average molecular weight is 397 g/mol. The van der Waals surface area contributed by atoms with Gasteiger partial charge in [0, 0.05) is 11.1 Å². The fraction of sp³-hybridized carbons (Fsp3) is 0.238. The SMILES string of the molecule is Cc1ccc(C(=O)NCC(=O)O[C@H](C)C(=O)NNC(=O)c2ccccc2)cc1C. The van der Waals surface area contributed by atoms with Crippen LogP contribution in [0, 0.1) is 13.8 Å². The normalized spacial score (nSPS) is 11.1. The molecule has 3 N–H and O–H groups in total. The van der Waals surface area contributed by atoms with Crippen molar-refractivity contribution in [2.24, 2.45) is 0 Å². The molecule has 8 nitrogen and oxygen atoms in total. The van der Waals surface area contributed by atoms with Crippen LogP contribution in [0.15, 0.2) is 48.5 Å². The lowest BCUT2D eigenvalue weighted by molar-refractivity contribution is -0.154. The summed E-state index contributed by atoms with van der Waals surface area (Å²) >= 11 is 0. The summed E-state index contributed by atoms with van der Waals surface area (Å²) in [6.07, 6.45) is -1.16. The van der Waals surface area contributed by atoms with Crippen molar-refractivity contribution in [2.75, 3.05) is 6.54 Å². The lowest BCUT2D eigenvalue weighted by Crippen LogP contribution is -2.47. The number of carbonyl (C=O) groups excluding carboxylic acids is 4. The van der Waals surface area contributed by atoms with Gasteiger partial charge in [0.15, 0.2) is 6.10 Å². The van der Waals surface area contributed by atoms with Crippen molar-refractivity contribution in [3.8, 4) is 0 Å². The highest BCUT2D eigenvalue weighted by atomic mass is 16.5. The molecule has 0 radical (unpaired) electrons. The number of benzene rings is 2. The van der Waals surface area contributed by atoms with Gasteiger partial charge in [-0.15, -0.1) is 0 Å². The second-order valence-corrected chi connectivity index (χ2v) is 6.42. The van der Waals surface area contributed by atoms with E-state index in [-0.39, 0.29) is 6.54 Å². The molecule has 0 aliphatic rings. The summed E-state index contributed by atoms with van der Waals surface area (Å²) in [5.41, 5.74) is 7.23. The van der Waals surface area contributed by atoms with Crippen molar-refractivity contribution in [3.05, 3.63) is 70.8 Å². The molecule has 2 aromatic carbocycles. The second-order valence-electron chi connectivity index (χ2n) is 6.42. The Kier molecular flexibility index (Phi) is 7.47. The van der Waals surface area contributed by atoms with Gasteiger partial charge in [-0.1, -0.05) is 24.3 Å². The fourth-order valence-electron chi connectivity index (χ4n) is 2.31. The molecule has 2 rings (SSSR count). The van der Waals surface area contributed by atoms with Gasteiger partial charge in [0.2, 0.25) is 0 Å². The smallest absolute Gasteiger partial charge is 0.326 e. The van der Waals surface area contributed by atoms with Crippen molar-refractivity contribution in [3.63, 3.8) is 0 Å². The molecule has 0 saturated carbocycles. The first-order valence-corrected chi connectivity index (χ1v) is 8.98. The van der Waals surface area contributed by atoms with Crippen LogP contribution in [0.25, 0.3) is 0 Å². The third-order valence-electron chi connectivity index (χ3n) is 4.18. The fourth-order valence-corrected chi connectivity index (χ4v) is 2.31. The Morgan fingerprint density at radius 3 is 2.21 bits per heavy atom. The largest absolute Gasteiger partial charge is 0.451 e. The van der Waals surface area contributed by atoms with Gasteiger partial charge in [-0.05, 0) is 56.2 Å². The molecule has 29 heavy (non-hydrogen) atoms. The number of carbonyl (C=O) groups is 4. The first-order chi connectivity index (χ1) is 13.8. The molecule has 0 aliphatic heterocycles. The zero-order valence-electron chi connectivity index (χ0n) is 16.4. The zero-order valence-corrected chi connectivity index (χ0v) is 16.4. The van der Waals surface area contributed by atoms with Crippen molar-refractivity contribution in [2.45, 2.75) is 26.9 Å². The molecule has 152 valence electrons. The Hall–Kier alpha value is -3.68. The Morgan fingerprint density at radius 1 is 0.862 bits per heavy atom. The van der Waals surface area contributed by atoms with Gasteiger partial charge >= 0.3 is 5.97 Å². The summed E-state index contributed by atoms with van der Waals surface area (Å²) in [5.74, 6) is -2.40. The van der Waals surface area contributed by atoms with E-state index in [9.17, 15) is 19.2 Å². The van der Waals surface area contributed by atoms with Crippen molar-refractivity contribution < 1.29 is 23.9 Å². The van der Waals surface area contributed by atoms with Crippen LogP contribution in [0.4, 0.5) is 0 Å². The van der Waals surface area contributed by atoms with E-state index in [1.165, 1.54) is 6.92 Å². The molecule has 1 atom stereocenters. The number of ether oxygens (including phenoxy) is 1. The quantitative estimate of drug-likeness (QED) is 0.504. The number of esters is 1. The molecular formula is C21H23N3O5. The monoisotopic (exact) mass is 397 g/mol. The minimum absolute atomic E-state index is 0.367. The molecule has 0 spiro atoms. The summed E-state index contributed by atoms with van der Waals surface area (Å²) in [7, 11) is 0. The highest BCUT2D eigenvalue weighted by molar-refractivity contribution is 5.97. The van der Waals surface area contributed by atoms with E-state index in [0.717, 1.165) is 11.1 Å². The maximum atomic E-state index is 12.1. The Morgan fingerprint density at radius 2 is 1.55 bits per heavy atom. The lowest BCUT2D eigenvalue weighted by atomic mass is 10.1. The summed E-state index contributed by atoms with van der Waals surface area (Å²) in [6.45, 7) is 4.78. The van der Waals surface area contributed by atoms with E-state index < -0.39 is 29.8 Å². The van der Waals surface area contributed by atoms with E-state index >= 15 is 0 Å². The molecule has 0 aliphatic carbocycles. The van der Waals surface area contributed by atoms with E-state index in [4.69, 9.17) is 4.74 Å². The third kappa shape index (κ3) is 6.46. The zero-order chi connectivity index (χ0) is 21.4. The molecule has 0 heterocycles. The molecule has 8 heteroatoms. The van der Waals surface area contributed by atoms with Gasteiger partial charge in [-0.25, -0.2) is 0 Å². The highest BCUT2D eigenvalue weighted by Crippen LogP contribution is 2.09. The first kappa shape index (κ1) is 21.6. The number of rotatable bonds is 6.